The fraction of sp³-hybridized carbons (Fsp3) is 0.973. The third kappa shape index (κ3) is 33.8. The summed E-state index contributed by atoms with van der Waals surface area (Å²) in [4.78, 5) is 12.1. The van der Waals surface area contributed by atoms with Gasteiger partial charge in [0.05, 0.1) is 13.2 Å². The molecule has 4 heteroatoms. The normalized spacial score (nSPS) is 12.2. The Morgan fingerprint density at radius 2 is 0.805 bits per heavy atom. The van der Waals surface area contributed by atoms with Gasteiger partial charge >= 0.3 is 5.97 Å². The number of rotatable bonds is 35. The highest BCUT2D eigenvalue weighted by Crippen LogP contribution is 2.15. The van der Waals surface area contributed by atoms with E-state index in [0.29, 0.717) is 19.6 Å². The fourth-order valence-corrected chi connectivity index (χ4v) is 5.62. The first-order chi connectivity index (χ1) is 20.2. The SMILES string of the molecule is CCCCCCCCCCCCCCCCCCOC[C@@H](CO)OC(=O)CCCCCCCCCCCCCCC. The number of aliphatic hydroxyl groups excluding tert-OH is 1. The molecule has 0 aliphatic rings. The molecule has 0 saturated heterocycles. The highest BCUT2D eigenvalue weighted by molar-refractivity contribution is 5.69. The summed E-state index contributed by atoms with van der Waals surface area (Å²) in [5.74, 6) is -0.196. The predicted molar refractivity (Wildman–Crippen MR) is 178 cm³/mol. The average Bonchev–Trinajstić information content (AvgIpc) is 2.98. The minimum absolute atomic E-state index is 0.163. The summed E-state index contributed by atoms with van der Waals surface area (Å²) in [5.41, 5.74) is 0. The number of hydrogen-bond acceptors (Lipinski definition) is 4. The van der Waals surface area contributed by atoms with Crippen molar-refractivity contribution in [2.24, 2.45) is 0 Å². The maximum absolute atomic E-state index is 12.1. The van der Waals surface area contributed by atoms with E-state index >= 15 is 0 Å². The van der Waals surface area contributed by atoms with E-state index in [9.17, 15) is 9.90 Å². The van der Waals surface area contributed by atoms with Crippen molar-refractivity contribution < 1.29 is 19.4 Å². The van der Waals surface area contributed by atoms with Crippen LogP contribution < -0.4 is 0 Å². The van der Waals surface area contributed by atoms with Gasteiger partial charge in [0.2, 0.25) is 0 Å². The third-order valence-electron chi connectivity index (χ3n) is 8.43. The van der Waals surface area contributed by atoms with Crippen LogP contribution in [0.25, 0.3) is 0 Å². The molecular formula is C37H74O4. The lowest BCUT2D eigenvalue weighted by Gasteiger charge is -2.16. The number of carbonyl (C=O) groups excluding carboxylic acids is 1. The van der Waals surface area contributed by atoms with E-state index in [0.717, 1.165) is 19.3 Å². The fourth-order valence-electron chi connectivity index (χ4n) is 5.62. The predicted octanol–water partition coefficient (Wildman–Crippen LogP) is 11.6. The molecule has 1 N–H and O–H groups in total. The number of unbranched alkanes of at least 4 members (excludes halogenated alkanes) is 27. The molecule has 0 bridgehead atoms. The molecule has 0 aromatic carbocycles. The molecule has 0 radical (unpaired) electrons. The van der Waals surface area contributed by atoms with E-state index in [-0.39, 0.29) is 12.6 Å². The van der Waals surface area contributed by atoms with Crippen molar-refractivity contribution in [3.8, 4) is 0 Å². The molecule has 0 aliphatic heterocycles. The Balaban J connectivity index is 3.37. The van der Waals surface area contributed by atoms with Crippen LogP contribution in [0.1, 0.15) is 206 Å². The van der Waals surface area contributed by atoms with Gasteiger partial charge in [-0.1, -0.05) is 187 Å². The van der Waals surface area contributed by atoms with Gasteiger partial charge in [-0.3, -0.25) is 4.79 Å². The van der Waals surface area contributed by atoms with Gasteiger partial charge in [0, 0.05) is 13.0 Å². The molecule has 4 nitrogen and oxygen atoms in total. The van der Waals surface area contributed by atoms with Gasteiger partial charge in [-0.15, -0.1) is 0 Å². The van der Waals surface area contributed by atoms with Crippen LogP contribution in [0.5, 0.6) is 0 Å². The van der Waals surface area contributed by atoms with E-state index < -0.39 is 6.10 Å². The molecule has 0 unspecified atom stereocenters. The zero-order valence-electron chi connectivity index (χ0n) is 28.1. The first kappa shape index (κ1) is 40.4. The standard InChI is InChI=1S/C37H74O4/c1-3-5-7-9-11-13-15-17-18-19-21-23-25-27-29-31-33-40-35-36(34-38)41-37(39)32-30-28-26-24-22-20-16-14-12-10-8-6-4-2/h36,38H,3-35H2,1-2H3/t36-/m1/s1. The highest BCUT2D eigenvalue weighted by atomic mass is 16.6. The molecule has 0 amide bonds. The largest absolute Gasteiger partial charge is 0.457 e. The number of aliphatic hydroxyl groups is 1. The number of carbonyl (C=O) groups is 1. The van der Waals surface area contributed by atoms with Crippen molar-refractivity contribution in [2.75, 3.05) is 19.8 Å². The number of ether oxygens (including phenoxy) is 2. The second kappa shape index (κ2) is 35.6. The van der Waals surface area contributed by atoms with Crippen molar-refractivity contribution in [2.45, 2.75) is 213 Å². The van der Waals surface area contributed by atoms with Crippen LogP contribution in [-0.4, -0.2) is 37.0 Å². The molecule has 0 aromatic rings. The molecule has 0 heterocycles. The maximum Gasteiger partial charge on any atom is 0.306 e. The average molecular weight is 583 g/mol. The number of hydrogen-bond donors (Lipinski definition) is 1. The third-order valence-corrected chi connectivity index (χ3v) is 8.43. The summed E-state index contributed by atoms with van der Waals surface area (Å²) in [5, 5.41) is 9.55. The Morgan fingerprint density at radius 3 is 1.15 bits per heavy atom. The smallest absolute Gasteiger partial charge is 0.306 e. The van der Waals surface area contributed by atoms with Gasteiger partial charge < -0.3 is 14.6 Å². The second-order valence-corrected chi connectivity index (χ2v) is 12.7. The zero-order chi connectivity index (χ0) is 29.9. The molecule has 41 heavy (non-hydrogen) atoms. The quantitative estimate of drug-likeness (QED) is 0.0596. The molecule has 0 aromatic heterocycles. The Kier molecular flexibility index (Phi) is 35.1. The molecule has 246 valence electrons. The van der Waals surface area contributed by atoms with E-state index in [4.69, 9.17) is 9.47 Å². The molecule has 0 saturated carbocycles. The zero-order valence-corrected chi connectivity index (χ0v) is 28.1. The van der Waals surface area contributed by atoms with Crippen LogP contribution in [0.15, 0.2) is 0 Å². The molecule has 1 atom stereocenters. The van der Waals surface area contributed by atoms with Crippen LogP contribution in [0.4, 0.5) is 0 Å². The topological polar surface area (TPSA) is 55.8 Å². The summed E-state index contributed by atoms with van der Waals surface area (Å²) >= 11 is 0. The van der Waals surface area contributed by atoms with Crippen LogP contribution in [0.3, 0.4) is 0 Å². The van der Waals surface area contributed by atoms with Crippen molar-refractivity contribution in [3.63, 3.8) is 0 Å². The van der Waals surface area contributed by atoms with E-state index in [1.54, 1.807) is 0 Å². The second-order valence-electron chi connectivity index (χ2n) is 12.7. The van der Waals surface area contributed by atoms with Crippen molar-refractivity contribution in [3.05, 3.63) is 0 Å². The molecule has 0 spiro atoms. The summed E-state index contributed by atoms with van der Waals surface area (Å²) in [7, 11) is 0. The number of esters is 1. The van der Waals surface area contributed by atoms with E-state index in [1.165, 1.54) is 167 Å². The van der Waals surface area contributed by atoms with E-state index in [1.807, 2.05) is 0 Å². The van der Waals surface area contributed by atoms with Gasteiger partial charge in [0.25, 0.3) is 0 Å². The molecule has 0 fully saturated rings. The van der Waals surface area contributed by atoms with E-state index in [2.05, 4.69) is 13.8 Å². The molecular weight excluding hydrogens is 508 g/mol. The van der Waals surface area contributed by atoms with Gasteiger partial charge in [0.1, 0.15) is 6.10 Å². The Morgan fingerprint density at radius 1 is 0.488 bits per heavy atom. The van der Waals surface area contributed by atoms with Crippen molar-refractivity contribution in [1.29, 1.82) is 0 Å². The molecule has 0 aliphatic carbocycles. The highest BCUT2D eigenvalue weighted by Gasteiger charge is 2.13. The minimum atomic E-state index is -0.523. The van der Waals surface area contributed by atoms with Crippen LogP contribution in [0, 0.1) is 0 Å². The first-order valence-corrected chi connectivity index (χ1v) is 18.6. The Hall–Kier alpha value is -0.610. The van der Waals surface area contributed by atoms with Crippen molar-refractivity contribution >= 4 is 5.97 Å². The Labute approximate surface area is 257 Å². The monoisotopic (exact) mass is 583 g/mol. The Bertz CT molecular complexity index is 495. The lowest BCUT2D eigenvalue weighted by Crippen LogP contribution is -2.27. The maximum atomic E-state index is 12.1. The first-order valence-electron chi connectivity index (χ1n) is 18.6. The molecule has 0 rings (SSSR count). The van der Waals surface area contributed by atoms with Gasteiger partial charge in [-0.05, 0) is 12.8 Å². The van der Waals surface area contributed by atoms with Crippen LogP contribution in [0.2, 0.25) is 0 Å². The van der Waals surface area contributed by atoms with Gasteiger partial charge in [-0.25, -0.2) is 0 Å². The summed E-state index contributed by atoms with van der Waals surface area (Å²) in [6.45, 7) is 5.38. The lowest BCUT2D eigenvalue weighted by molar-refractivity contribution is -0.154. The van der Waals surface area contributed by atoms with Gasteiger partial charge in [0.15, 0.2) is 0 Å². The summed E-state index contributed by atoms with van der Waals surface area (Å²) in [6.07, 6.45) is 38.5. The van der Waals surface area contributed by atoms with Crippen LogP contribution >= 0.6 is 0 Å². The summed E-state index contributed by atoms with van der Waals surface area (Å²) < 4.78 is 11.1. The lowest BCUT2D eigenvalue weighted by atomic mass is 10.0. The minimum Gasteiger partial charge on any atom is -0.457 e. The van der Waals surface area contributed by atoms with Crippen LogP contribution in [-0.2, 0) is 14.3 Å². The van der Waals surface area contributed by atoms with Gasteiger partial charge in [-0.2, -0.15) is 0 Å². The summed E-state index contributed by atoms with van der Waals surface area (Å²) in [6, 6.07) is 0. The van der Waals surface area contributed by atoms with Crippen molar-refractivity contribution in [1.82, 2.24) is 0 Å².